The van der Waals surface area contributed by atoms with Gasteiger partial charge in [0.15, 0.2) is 0 Å². The number of halogens is 6. The molecule has 0 heterocycles. The summed E-state index contributed by atoms with van der Waals surface area (Å²) in [6.45, 7) is 0. The minimum atomic E-state index is -5.20. The van der Waals surface area contributed by atoms with Crippen LogP contribution in [0.2, 0.25) is 0 Å². The average Bonchev–Trinajstić information content (AvgIpc) is 2.00. The fourth-order valence-electron chi connectivity index (χ4n) is 0.364. The second-order valence-corrected chi connectivity index (χ2v) is 2.38. The van der Waals surface area contributed by atoms with Gasteiger partial charge in [-0.25, -0.2) is 4.79 Å². The zero-order valence-corrected chi connectivity index (χ0v) is 7.33. The Labute approximate surface area is 79.7 Å². The van der Waals surface area contributed by atoms with Crippen molar-refractivity contribution in [2.24, 2.45) is 0 Å². The lowest BCUT2D eigenvalue weighted by Gasteiger charge is -2.19. The van der Waals surface area contributed by atoms with Crippen LogP contribution in [-0.2, 0) is 14.3 Å². The van der Waals surface area contributed by atoms with Crippen molar-refractivity contribution < 1.29 is 36.2 Å². The molecule has 0 aliphatic rings. The first-order valence-electron chi connectivity index (χ1n) is 2.96. The molecule has 14 heavy (non-hydrogen) atoms. The van der Waals surface area contributed by atoms with Gasteiger partial charge in [0.25, 0.3) is 0 Å². The van der Waals surface area contributed by atoms with E-state index >= 15 is 0 Å². The molecule has 1 atom stereocenters. The second-order valence-electron chi connectivity index (χ2n) is 1.98. The van der Waals surface area contributed by atoms with Crippen molar-refractivity contribution >= 4 is 17.6 Å². The molecule has 0 amide bonds. The van der Waals surface area contributed by atoms with Crippen LogP contribution in [0.3, 0.4) is 0 Å². The number of alkyl halides is 6. The van der Waals surface area contributed by atoms with Crippen LogP contribution >= 0.6 is 11.6 Å². The molecule has 0 aliphatic heterocycles. The molecule has 9 heteroatoms. The Hall–Kier alpha value is -0.630. The SMILES string of the molecule is COC(=O)C(F)(F)OC(Cl)C(F)(F)F. The predicted octanol–water partition coefficient (Wildman–Crippen LogP) is 1.90. The minimum absolute atomic E-state index is 0.566. The van der Waals surface area contributed by atoms with Gasteiger partial charge in [-0.15, -0.1) is 0 Å². The van der Waals surface area contributed by atoms with E-state index in [0.717, 1.165) is 0 Å². The van der Waals surface area contributed by atoms with Gasteiger partial charge in [0.2, 0.25) is 5.56 Å². The first-order valence-corrected chi connectivity index (χ1v) is 3.39. The van der Waals surface area contributed by atoms with Crippen molar-refractivity contribution in [1.29, 1.82) is 0 Å². The van der Waals surface area contributed by atoms with Gasteiger partial charge in [-0.1, -0.05) is 11.6 Å². The number of esters is 1. The number of hydrogen-bond donors (Lipinski definition) is 0. The third kappa shape index (κ3) is 3.62. The van der Waals surface area contributed by atoms with E-state index in [1.54, 1.807) is 0 Å². The first-order chi connectivity index (χ1) is 6.11. The van der Waals surface area contributed by atoms with Crippen molar-refractivity contribution in [3.8, 4) is 0 Å². The molecule has 0 aromatic heterocycles. The number of carbonyl (C=O) groups excluding carboxylic acids is 1. The molecule has 0 spiro atoms. The zero-order valence-electron chi connectivity index (χ0n) is 6.57. The van der Waals surface area contributed by atoms with Gasteiger partial charge >= 0.3 is 18.3 Å². The van der Waals surface area contributed by atoms with Gasteiger partial charge in [-0.05, 0) is 0 Å². The van der Waals surface area contributed by atoms with Crippen molar-refractivity contribution in [3.05, 3.63) is 0 Å². The fraction of sp³-hybridized carbons (Fsp3) is 0.800. The molecule has 0 fully saturated rings. The molecule has 0 saturated carbocycles. The van der Waals surface area contributed by atoms with E-state index in [4.69, 9.17) is 0 Å². The number of hydrogen-bond acceptors (Lipinski definition) is 3. The lowest BCUT2D eigenvalue weighted by Crippen LogP contribution is -2.40. The lowest BCUT2D eigenvalue weighted by atomic mass is 10.6. The van der Waals surface area contributed by atoms with E-state index in [0.29, 0.717) is 7.11 Å². The standard InChI is InChI=1S/C5H4ClF5O3/c1-13-3(12)5(10,11)14-2(6)4(7,8)9/h2H,1H3. The Morgan fingerprint density at radius 3 is 2.00 bits per heavy atom. The molecule has 0 aromatic carbocycles. The molecular weight excluding hydrogens is 238 g/mol. The number of methoxy groups -OCH3 is 1. The quantitative estimate of drug-likeness (QED) is 0.431. The molecule has 0 bridgehead atoms. The molecule has 1 unspecified atom stereocenters. The van der Waals surface area contributed by atoms with E-state index in [9.17, 15) is 26.7 Å². The summed E-state index contributed by atoms with van der Waals surface area (Å²) in [7, 11) is 0.566. The molecule has 0 N–H and O–H groups in total. The van der Waals surface area contributed by atoms with E-state index in [1.165, 1.54) is 0 Å². The lowest BCUT2D eigenvalue weighted by molar-refractivity contribution is -0.297. The summed E-state index contributed by atoms with van der Waals surface area (Å²) in [6, 6.07) is 0. The monoisotopic (exact) mass is 242 g/mol. The van der Waals surface area contributed by atoms with E-state index < -0.39 is 23.8 Å². The van der Waals surface area contributed by atoms with E-state index in [-0.39, 0.29) is 0 Å². The molecule has 0 radical (unpaired) electrons. The van der Waals surface area contributed by atoms with Gasteiger partial charge in [-0.2, -0.15) is 22.0 Å². The first kappa shape index (κ1) is 13.4. The summed E-state index contributed by atoms with van der Waals surface area (Å²) in [6.07, 6.45) is -9.92. The molecule has 0 rings (SSSR count). The third-order valence-electron chi connectivity index (χ3n) is 0.932. The summed E-state index contributed by atoms with van der Waals surface area (Å²) in [4.78, 5) is 10.2. The molecular formula is C5H4ClF5O3. The highest BCUT2D eigenvalue weighted by atomic mass is 35.5. The Morgan fingerprint density at radius 1 is 1.29 bits per heavy atom. The summed E-state index contributed by atoms with van der Waals surface area (Å²) >= 11 is 4.41. The van der Waals surface area contributed by atoms with Crippen molar-refractivity contribution in [2.45, 2.75) is 17.8 Å². The Kier molecular flexibility index (Phi) is 4.07. The highest BCUT2D eigenvalue weighted by Gasteiger charge is 2.51. The summed E-state index contributed by atoms with van der Waals surface area (Å²) in [5.74, 6) is -2.26. The molecule has 3 nitrogen and oxygen atoms in total. The van der Waals surface area contributed by atoms with Crippen molar-refractivity contribution in [1.82, 2.24) is 0 Å². The summed E-state index contributed by atoms with van der Waals surface area (Å²) in [5.41, 5.74) is -3.28. The smallest absolute Gasteiger partial charge is 0.457 e. The van der Waals surface area contributed by atoms with Crippen LogP contribution in [0.5, 0.6) is 0 Å². The van der Waals surface area contributed by atoms with Crippen LogP contribution in [0.15, 0.2) is 0 Å². The molecule has 0 saturated heterocycles. The van der Waals surface area contributed by atoms with Gasteiger partial charge in [0, 0.05) is 0 Å². The van der Waals surface area contributed by atoms with Crippen LogP contribution in [0.25, 0.3) is 0 Å². The maximum absolute atomic E-state index is 12.3. The van der Waals surface area contributed by atoms with E-state index in [1.807, 2.05) is 0 Å². The summed E-state index contributed by atoms with van der Waals surface area (Å²) in [5, 5.41) is 0. The average molecular weight is 243 g/mol. The normalized spacial score (nSPS) is 15.1. The second kappa shape index (κ2) is 4.26. The third-order valence-corrected chi connectivity index (χ3v) is 1.27. The highest BCUT2D eigenvalue weighted by molar-refractivity contribution is 6.20. The van der Waals surface area contributed by atoms with Gasteiger partial charge < -0.3 is 4.74 Å². The molecule has 0 aromatic rings. The Bertz CT molecular complexity index is 216. The topological polar surface area (TPSA) is 35.5 Å². The van der Waals surface area contributed by atoms with E-state index in [2.05, 4.69) is 21.1 Å². The maximum Gasteiger partial charge on any atom is 0.457 e. The van der Waals surface area contributed by atoms with Crippen LogP contribution in [-0.4, -0.2) is 30.9 Å². The fourth-order valence-corrected chi connectivity index (χ4v) is 0.476. The summed E-state index contributed by atoms with van der Waals surface area (Å²) < 4.78 is 65.9. The van der Waals surface area contributed by atoms with Gasteiger partial charge in [0.1, 0.15) is 0 Å². The van der Waals surface area contributed by atoms with Gasteiger partial charge in [-0.3, -0.25) is 4.74 Å². The van der Waals surface area contributed by atoms with Crippen molar-refractivity contribution in [3.63, 3.8) is 0 Å². The van der Waals surface area contributed by atoms with Crippen LogP contribution in [0, 0.1) is 0 Å². The minimum Gasteiger partial charge on any atom is -0.463 e. The van der Waals surface area contributed by atoms with Gasteiger partial charge in [0.05, 0.1) is 7.11 Å². The predicted molar refractivity (Wildman–Crippen MR) is 33.7 cm³/mol. The largest absolute Gasteiger partial charge is 0.463 e. The number of rotatable bonds is 3. The van der Waals surface area contributed by atoms with Crippen LogP contribution in [0.4, 0.5) is 22.0 Å². The van der Waals surface area contributed by atoms with Crippen molar-refractivity contribution in [2.75, 3.05) is 7.11 Å². The highest BCUT2D eigenvalue weighted by Crippen LogP contribution is 2.31. The maximum atomic E-state index is 12.3. The number of ether oxygens (including phenoxy) is 2. The zero-order chi connectivity index (χ0) is 11.6. The molecule has 0 aliphatic carbocycles. The Balaban J connectivity index is 4.44. The van der Waals surface area contributed by atoms with Crippen LogP contribution in [0.1, 0.15) is 0 Å². The number of carbonyl (C=O) groups is 1. The van der Waals surface area contributed by atoms with Crippen LogP contribution < -0.4 is 0 Å². The Morgan fingerprint density at radius 2 is 1.71 bits per heavy atom. The molecule has 84 valence electrons.